The molecule has 0 spiro atoms. The highest BCUT2D eigenvalue weighted by Crippen LogP contribution is 2.26. The summed E-state index contributed by atoms with van der Waals surface area (Å²) >= 11 is 0. The normalized spacial score (nSPS) is 12.8. The summed E-state index contributed by atoms with van der Waals surface area (Å²) in [5.74, 6) is 1.04. The molecular formula is C15H25NO. The van der Waals surface area contributed by atoms with Crippen molar-refractivity contribution in [1.82, 2.24) is 0 Å². The Hall–Kier alpha value is -1.02. The minimum atomic E-state index is 0.167. The number of ether oxygens (including phenoxy) is 1. The van der Waals surface area contributed by atoms with E-state index in [-0.39, 0.29) is 6.04 Å². The van der Waals surface area contributed by atoms with Crippen LogP contribution in [-0.4, -0.2) is 12.1 Å². The first kappa shape index (κ1) is 14.0. The average Bonchev–Trinajstić information content (AvgIpc) is 2.28. The SMILES string of the molecule is CCC(CC)Oc1c(C)cccc1CC(C)N. The van der Waals surface area contributed by atoms with Gasteiger partial charge in [0.25, 0.3) is 0 Å². The van der Waals surface area contributed by atoms with Crippen LogP contribution in [0.5, 0.6) is 5.75 Å². The summed E-state index contributed by atoms with van der Waals surface area (Å²) in [6.07, 6.45) is 3.27. The van der Waals surface area contributed by atoms with Crippen molar-refractivity contribution in [3.05, 3.63) is 29.3 Å². The van der Waals surface area contributed by atoms with Gasteiger partial charge in [0.15, 0.2) is 0 Å². The smallest absolute Gasteiger partial charge is 0.125 e. The van der Waals surface area contributed by atoms with Gasteiger partial charge in [0.2, 0.25) is 0 Å². The lowest BCUT2D eigenvalue weighted by atomic mass is 10.0. The Morgan fingerprint density at radius 1 is 1.24 bits per heavy atom. The molecule has 0 bridgehead atoms. The number of para-hydroxylation sites is 1. The van der Waals surface area contributed by atoms with E-state index in [1.165, 1.54) is 11.1 Å². The second-order valence-corrected chi connectivity index (χ2v) is 4.80. The quantitative estimate of drug-likeness (QED) is 0.819. The van der Waals surface area contributed by atoms with Crippen LogP contribution in [0, 0.1) is 6.92 Å². The summed E-state index contributed by atoms with van der Waals surface area (Å²) in [5, 5.41) is 0. The minimum absolute atomic E-state index is 0.167. The van der Waals surface area contributed by atoms with Gasteiger partial charge in [-0.2, -0.15) is 0 Å². The zero-order valence-corrected chi connectivity index (χ0v) is 11.5. The first-order valence-electron chi connectivity index (χ1n) is 6.59. The summed E-state index contributed by atoms with van der Waals surface area (Å²) in [6.45, 7) is 8.46. The molecule has 0 amide bonds. The molecule has 1 rings (SSSR count). The fourth-order valence-electron chi connectivity index (χ4n) is 2.01. The van der Waals surface area contributed by atoms with Crippen molar-refractivity contribution in [3.63, 3.8) is 0 Å². The van der Waals surface area contributed by atoms with Gasteiger partial charge >= 0.3 is 0 Å². The number of benzene rings is 1. The molecule has 0 saturated heterocycles. The van der Waals surface area contributed by atoms with Crippen LogP contribution in [0.15, 0.2) is 18.2 Å². The van der Waals surface area contributed by atoms with Gasteiger partial charge in [0.1, 0.15) is 5.75 Å². The fraction of sp³-hybridized carbons (Fsp3) is 0.600. The van der Waals surface area contributed by atoms with Crippen molar-refractivity contribution in [2.24, 2.45) is 5.73 Å². The van der Waals surface area contributed by atoms with Crippen molar-refractivity contribution in [2.45, 2.75) is 59.1 Å². The number of hydrogen-bond donors (Lipinski definition) is 1. The standard InChI is InChI=1S/C15H25NO/c1-5-14(6-2)17-15-11(3)8-7-9-13(15)10-12(4)16/h7-9,12,14H,5-6,10,16H2,1-4H3. The Bertz CT molecular complexity index is 343. The molecule has 0 radical (unpaired) electrons. The average molecular weight is 235 g/mol. The first-order valence-corrected chi connectivity index (χ1v) is 6.59. The van der Waals surface area contributed by atoms with E-state index in [0.29, 0.717) is 6.10 Å². The van der Waals surface area contributed by atoms with E-state index in [0.717, 1.165) is 25.0 Å². The first-order chi connectivity index (χ1) is 8.08. The second-order valence-electron chi connectivity index (χ2n) is 4.80. The molecule has 1 atom stereocenters. The Balaban J connectivity index is 2.94. The van der Waals surface area contributed by atoms with E-state index < -0.39 is 0 Å². The summed E-state index contributed by atoms with van der Waals surface area (Å²) in [7, 11) is 0. The molecule has 96 valence electrons. The summed E-state index contributed by atoms with van der Waals surface area (Å²) in [6, 6.07) is 6.46. The van der Waals surface area contributed by atoms with Crippen LogP contribution in [-0.2, 0) is 6.42 Å². The third-order valence-electron chi connectivity index (χ3n) is 3.03. The van der Waals surface area contributed by atoms with Gasteiger partial charge in [0.05, 0.1) is 6.10 Å². The Kier molecular flexibility index (Phi) is 5.49. The second kappa shape index (κ2) is 6.65. The van der Waals surface area contributed by atoms with Crippen LogP contribution in [0.3, 0.4) is 0 Å². The van der Waals surface area contributed by atoms with Crippen LogP contribution in [0.1, 0.15) is 44.7 Å². The van der Waals surface area contributed by atoms with Crippen molar-refractivity contribution in [1.29, 1.82) is 0 Å². The molecule has 0 aromatic heterocycles. The van der Waals surface area contributed by atoms with Crippen LogP contribution in [0.4, 0.5) is 0 Å². The maximum Gasteiger partial charge on any atom is 0.125 e. The van der Waals surface area contributed by atoms with E-state index in [1.54, 1.807) is 0 Å². The molecule has 2 heteroatoms. The predicted octanol–water partition coefficient (Wildman–Crippen LogP) is 3.45. The topological polar surface area (TPSA) is 35.2 Å². The van der Waals surface area contributed by atoms with Crippen LogP contribution < -0.4 is 10.5 Å². The van der Waals surface area contributed by atoms with Crippen molar-refractivity contribution < 1.29 is 4.74 Å². The number of nitrogens with two attached hydrogens (primary N) is 1. The molecule has 0 aliphatic carbocycles. The van der Waals surface area contributed by atoms with Gasteiger partial charge in [-0.05, 0) is 44.2 Å². The molecule has 1 aromatic carbocycles. The van der Waals surface area contributed by atoms with E-state index in [1.807, 2.05) is 6.92 Å². The Morgan fingerprint density at radius 3 is 2.41 bits per heavy atom. The molecule has 17 heavy (non-hydrogen) atoms. The van der Waals surface area contributed by atoms with Gasteiger partial charge in [-0.3, -0.25) is 0 Å². The lowest BCUT2D eigenvalue weighted by molar-refractivity contribution is 0.189. The van der Waals surface area contributed by atoms with Gasteiger partial charge < -0.3 is 10.5 Å². The number of aryl methyl sites for hydroxylation is 1. The summed E-state index contributed by atoms with van der Waals surface area (Å²) < 4.78 is 6.12. The molecule has 2 nitrogen and oxygen atoms in total. The summed E-state index contributed by atoms with van der Waals surface area (Å²) in [5.41, 5.74) is 8.32. The highest BCUT2D eigenvalue weighted by Gasteiger charge is 2.12. The molecule has 0 heterocycles. The lowest BCUT2D eigenvalue weighted by Crippen LogP contribution is -2.20. The van der Waals surface area contributed by atoms with Gasteiger partial charge in [-0.15, -0.1) is 0 Å². The van der Waals surface area contributed by atoms with Crippen LogP contribution in [0.2, 0.25) is 0 Å². The molecule has 0 fully saturated rings. The highest BCUT2D eigenvalue weighted by atomic mass is 16.5. The van der Waals surface area contributed by atoms with Gasteiger partial charge in [-0.1, -0.05) is 32.0 Å². The van der Waals surface area contributed by atoms with Crippen molar-refractivity contribution in [2.75, 3.05) is 0 Å². The molecule has 1 aromatic rings. The molecule has 0 aliphatic rings. The fourth-order valence-corrected chi connectivity index (χ4v) is 2.01. The Labute approximate surface area is 105 Å². The molecule has 0 aliphatic heterocycles. The maximum absolute atomic E-state index is 6.12. The van der Waals surface area contributed by atoms with E-state index in [4.69, 9.17) is 10.5 Å². The number of hydrogen-bond acceptors (Lipinski definition) is 2. The lowest BCUT2D eigenvalue weighted by Gasteiger charge is -2.21. The zero-order valence-electron chi connectivity index (χ0n) is 11.5. The molecular weight excluding hydrogens is 210 g/mol. The Morgan fingerprint density at radius 2 is 1.88 bits per heavy atom. The van der Waals surface area contributed by atoms with Crippen molar-refractivity contribution in [3.8, 4) is 5.75 Å². The molecule has 2 N–H and O–H groups in total. The third-order valence-corrected chi connectivity index (χ3v) is 3.03. The predicted molar refractivity (Wildman–Crippen MR) is 73.5 cm³/mol. The molecule has 0 saturated carbocycles. The minimum Gasteiger partial charge on any atom is -0.490 e. The number of rotatable bonds is 6. The summed E-state index contributed by atoms with van der Waals surface area (Å²) in [4.78, 5) is 0. The van der Waals surface area contributed by atoms with Gasteiger partial charge in [0, 0.05) is 6.04 Å². The maximum atomic E-state index is 6.12. The van der Waals surface area contributed by atoms with Crippen LogP contribution >= 0.6 is 0 Å². The highest BCUT2D eigenvalue weighted by molar-refractivity contribution is 5.41. The van der Waals surface area contributed by atoms with E-state index in [2.05, 4.69) is 39.0 Å². The monoisotopic (exact) mass is 235 g/mol. The van der Waals surface area contributed by atoms with E-state index >= 15 is 0 Å². The third kappa shape index (κ3) is 4.04. The zero-order chi connectivity index (χ0) is 12.8. The van der Waals surface area contributed by atoms with E-state index in [9.17, 15) is 0 Å². The largest absolute Gasteiger partial charge is 0.490 e. The molecule has 1 unspecified atom stereocenters. The van der Waals surface area contributed by atoms with Gasteiger partial charge in [-0.25, -0.2) is 0 Å². The van der Waals surface area contributed by atoms with Crippen LogP contribution in [0.25, 0.3) is 0 Å². The van der Waals surface area contributed by atoms with Crippen molar-refractivity contribution >= 4 is 0 Å².